The van der Waals surface area contributed by atoms with Crippen molar-refractivity contribution in [2.24, 2.45) is 17.8 Å². The summed E-state index contributed by atoms with van der Waals surface area (Å²) < 4.78 is 0. The molecule has 2 aliphatic rings. The summed E-state index contributed by atoms with van der Waals surface area (Å²) in [4.78, 5) is 10.5. The predicted octanol–water partition coefficient (Wildman–Crippen LogP) is 2.01. The molecule has 0 aliphatic heterocycles. The molecule has 10 heavy (non-hydrogen) atoms. The van der Waals surface area contributed by atoms with Gasteiger partial charge in [0.2, 0.25) is 0 Å². The first kappa shape index (κ1) is 6.38. The maximum atomic E-state index is 10.5. The molecule has 3 atom stereocenters. The van der Waals surface area contributed by atoms with Crippen molar-refractivity contribution >= 4 is 6.29 Å². The van der Waals surface area contributed by atoms with Crippen molar-refractivity contribution in [3.63, 3.8) is 0 Å². The van der Waals surface area contributed by atoms with E-state index in [1.54, 1.807) is 0 Å². The third-order valence-electron chi connectivity index (χ3n) is 3.31. The number of aldehydes is 1. The van der Waals surface area contributed by atoms with Crippen LogP contribution in [0.4, 0.5) is 0 Å². The topological polar surface area (TPSA) is 17.1 Å². The van der Waals surface area contributed by atoms with Gasteiger partial charge < -0.3 is 4.79 Å². The Bertz CT molecular complexity index is 142. The smallest absolute Gasteiger partial charge is 0.123 e. The van der Waals surface area contributed by atoms with Gasteiger partial charge in [-0.25, -0.2) is 0 Å². The Morgan fingerprint density at radius 1 is 1.10 bits per heavy atom. The number of carbonyl (C=O) groups is 1. The Kier molecular flexibility index (Phi) is 1.51. The molecule has 1 nitrogen and oxygen atoms in total. The van der Waals surface area contributed by atoms with Gasteiger partial charge >= 0.3 is 0 Å². The lowest BCUT2D eigenvalue weighted by atomic mass is 9.93. The second-order valence-electron chi connectivity index (χ2n) is 3.73. The van der Waals surface area contributed by atoms with Crippen LogP contribution in [0.25, 0.3) is 0 Å². The molecule has 0 radical (unpaired) electrons. The lowest BCUT2D eigenvalue weighted by Crippen LogP contribution is -2.09. The van der Waals surface area contributed by atoms with Crippen molar-refractivity contribution < 1.29 is 4.79 Å². The van der Waals surface area contributed by atoms with Crippen LogP contribution in [0.1, 0.15) is 32.1 Å². The second kappa shape index (κ2) is 2.37. The molecule has 0 heterocycles. The SMILES string of the molecule is O=C[C@H]1CC[C@@H]2CCC[C@@H]21. The van der Waals surface area contributed by atoms with Gasteiger partial charge in [-0.2, -0.15) is 0 Å². The second-order valence-corrected chi connectivity index (χ2v) is 3.73. The zero-order valence-electron chi connectivity index (χ0n) is 6.25. The number of rotatable bonds is 1. The van der Waals surface area contributed by atoms with E-state index >= 15 is 0 Å². The van der Waals surface area contributed by atoms with Gasteiger partial charge in [0, 0.05) is 5.92 Å². The zero-order chi connectivity index (χ0) is 6.97. The van der Waals surface area contributed by atoms with Gasteiger partial charge in [-0.15, -0.1) is 0 Å². The van der Waals surface area contributed by atoms with Crippen LogP contribution in [-0.4, -0.2) is 6.29 Å². The molecule has 0 saturated heterocycles. The average molecular weight is 138 g/mol. The lowest BCUT2D eigenvalue weighted by Gasteiger charge is -2.10. The third kappa shape index (κ3) is 0.799. The normalized spacial score (nSPS) is 45.4. The molecule has 0 aromatic rings. The summed E-state index contributed by atoms with van der Waals surface area (Å²) in [6.07, 6.45) is 7.80. The Hall–Kier alpha value is -0.330. The van der Waals surface area contributed by atoms with E-state index in [-0.39, 0.29) is 0 Å². The van der Waals surface area contributed by atoms with E-state index in [1.807, 2.05) is 0 Å². The van der Waals surface area contributed by atoms with E-state index < -0.39 is 0 Å². The minimum absolute atomic E-state index is 0.438. The summed E-state index contributed by atoms with van der Waals surface area (Å²) in [7, 11) is 0. The van der Waals surface area contributed by atoms with E-state index in [9.17, 15) is 4.79 Å². The first-order valence-corrected chi connectivity index (χ1v) is 4.37. The summed E-state index contributed by atoms with van der Waals surface area (Å²) in [6, 6.07) is 0. The molecular weight excluding hydrogens is 124 g/mol. The molecule has 1 heteroatoms. The van der Waals surface area contributed by atoms with Crippen molar-refractivity contribution in [2.45, 2.75) is 32.1 Å². The molecule has 2 rings (SSSR count). The molecule has 2 aliphatic carbocycles. The van der Waals surface area contributed by atoms with Gasteiger partial charge in [-0.05, 0) is 31.1 Å². The average Bonchev–Trinajstić information content (AvgIpc) is 2.44. The van der Waals surface area contributed by atoms with Gasteiger partial charge in [0.25, 0.3) is 0 Å². The van der Waals surface area contributed by atoms with Crippen molar-refractivity contribution in [1.29, 1.82) is 0 Å². The van der Waals surface area contributed by atoms with Crippen LogP contribution in [0, 0.1) is 17.8 Å². The van der Waals surface area contributed by atoms with Crippen molar-refractivity contribution in [3.05, 3.63) is 0 Å². The number of hydrogen-bond donors (Lipinski definition) is 0. The summed E-state index contributed by atoms with van der Waals surface area (Å²) in [6.45, 7) is 0. The van der Waals surface area contributed by atoms with Gasteiger partial charge in [0.05, 0.1) is 0 Å². The van der Waals surface area contributed by atoms with Crippen molar-refractivity contribution in [2.75, 3.05) is 0 Å². The van der Waals surface area contributed by atoms with E-state index in [4.69, 9.17) is 0 Å². The highest BCUT2D eigenvalue weighted by Gasteiger charge is 2.38. The van der Waals surface area contributed by atoms with E-state index in [1.165, 1.54) is 38.4 Å². The highest BCUT2D eigenvalue weighted by molar-refractivity contribution is 5.54. The number of fused-ring (bicyclic) bond motifs is 1. The largest absolute Gasteiger partial charge is 0.303 e. The fraction of sp³-hybridized carbons (Fsp3) is 0.889. The van der Waals surface area contributed by atoms with E-state index in [0.717, 1.165) is 11.8 Å². The van der Waals surface area contributed by atoms with Gasteiger partial charge in [0.15, 0.2) is 0 Å². The Labute approximate surface area is 61.8 Å². The fourth-order valence-electron chi connectivity index (χ4n) is 2.78. The Balaban J connectivity index is 2.07. The first-order chi connectivity index (χ1) is 4.92. The van der Waals surface area contributed by atoms with Crippen LogP contribution >= 0.6 is 0 Å². The van der Waals surface area contributed by atoms with Crippen LogP contribution in [0.15, 0.2) is 0 Å². The molecule has 2 saturated carbocycles. The molecular formula is C9H14O. The van der Waals surface area contributed by atoms with Crippen LogP contribution in [0.3, 0.4) is 0 Å². The molecule has 0 unspecified atom stereocenters. The third-order valence-corrected chi connectivity index (χ3v) is 3.31. The van der Waals surface area contributed by atoms with Gasteiger partial charge in [0.1, 0.15) is 6.29 Å². The molecule has 0 spiro atoms. The highest BCUT2D eigenvalue weighted by Crippen LogP contribution is 2.46. The van der Waals surface area contributed by atoms with Gasteiger partial charge in [-0.3, -0.25) is 0 Å². The summed E-state index contributed by atoms with van der Waals surface area (Å²) in [5.41, 5.74) is 0. The minimum Gasteiger partial charge on any atom is -0.303 e. The molecule has 0 bridgehead atoms. The highest BCUT2D eigenvalue weighted by atomic mass is 16.1. The zero-order valence-corrected chi connectivity index (χ0v) is 6.25. The lowest BCUT2D eigenvalue weighted by molar-refractivity contribution is -0.112. The Morgan fingerprint density at radius 2 is 2.00 bits per heavy atom. The van der Waals surface area contributed by atoms with Crippen molar-refractivity contribution in [3.8, 4) is 0 Å². The molecule has 56 valence electrons. The van der Waals surface area contributed by atoms with E-state index in [2.05, 4.69) is 0 Å². The van der Waals surface area contributed by atoms with Crippen LogP contribution in [0.5, 0.6) is 0 Å². The minimum atomic E-state index is 0.438. The molecule has 0 aromatic heterocycles. The molecule has 0 N–H and O–H groups in total. The fourth-order valence-corrected chi connectivity index (χ4v) is 2.78. The van der Waals surface area contributed by atoms with Crippen LogP contribution < -0.4 is 0 Å². The maximum absolute atomic E-state index is 10.5. The number of carbonyl (C=O) groups excluding carboxylic acids is 1. The van der Waals surface area contributed by atoms with Crippen LogP contribution in [0.2, 0.25) is 0 Å². The predicted molar refractivity (Wildman–Crippen MR) is 39.6 cm³/mol. The van der Waals surface area contributed by atoms with Crippen LogP contribution in [-0.2, 0) is 4.79 Å². The molecule has 2 fully saturated rings. The quantitative estimate of drug-likeness (QED) is 0.506. The first-order valence-electron chi connectivity index (χ1n) is 4.37. The monoisotopic (exact) mass is 138 g/mol. The van der Waals surface area contributed by atoms with Gasteiger partial charge in [-0.1, -0.05) is 12.8 Å². The van der Waals surface area contributed by atoms with E-state index in [0.29, 0.717) is 5.92 Å². The standard InChI is InChI=1S/C9H14O/c10-6-8-5-4-7-2-1-3-9(7)8/h6-9H,1-5H2/t7-,8+,9-/m0/s1. The summed E-state index contributed by atoms with van der Waals surface area (Å²) in [5, 5.41) is 0. The maximum Gasteiger partial charge on any atom is 0.123 e. The Morgan fingerprint density at radius 3 is 2.80 bits per heavy atom. The summed E-state index contributed by atoms with van der Waals surface area (Å²) in [5.74, 6) is 2.15. The molecule has 0 aromatic carbocycles. The molecule has 0 amide bonds. The van der Waals surface area contributed by atoms with Crippen molar-refractivity contribution in [1.82, 2.24) is 0 Å². The number of hydrogen-bond acceptors (Lipinski definition) is 1. The summed E-state index contributed by atoms with van der Waals surface area (Å²) >= 11 is 0.